The highest BCUT2D eigenvalue weighted by Gasteiger charge is 2.51. The quantitative estimate of drug-likeness (QED) is 0.319. The van der Waals surface area contributed by atoms with Crippen LogP contribution in [0.25, 0.3) is 0 Å². The maximum atomic E-state index is 14.5. The van der Waals surface area contributed by atoms with Crippen LogP contribution in [0.4, 0.5) is 37.2 Å². The van der Waals surface area contributed by atoms with Crippen LogP contribution < -0.4 is 10.7 Å². The summed E-state index contributed by atoms with van der Waals surface area (Å²) in [6.07, 6.45) is -3.51. The van der Waals surface area contributed by atoms with Crippen LogP contribution in [0.3, 0.4) is 0 Å². The van der Waals surface area contributed by atoms with E-state index < -0.39 is 47.8 Å². The zero-order chi connectivity index (χ0) is 23.5. The van der Waals surface area contributed by atoms with E-state index in [4.69, 9.17) is 5.41 Å². The summed E-state index contributed by atoms with van der Waals surface area (Å²) in [4.78, 5) is 13.8. The first-order valence-electron chi connectivity index (χ1n) is 8.94. The molecule has 0 bridgehead atoms. The number of hydrogen-bond donors (Lipinski definition) is 3. The van der Waals surface area contributed by atoms with Gasteiger partial charge >= 0.3 is 6.18 Å². The minimum absolute atomic E-state index is 0.0235. The van der Waals surface area contributed by atoms with Gasteiger partial charge in [-0.25, -0.2) is 13.2 Å². The highest BCUT2D eigenvalue weighted by atomic mass is 32.1. The van der Waals surface area contributed by atoms with E-state index in [0.29, 0.717) is 0 Å². The Morgan fingerprint density at radius 3 is 2.78 bits per heavy atom. The molecule has 32 heavy (non-hydrogen) atoms. The number of likely N-dealkylation sites (tertiary alicyclic amines) is 1. The Morgan fingerprint density at radius 2 is 2.12 bits per heavy atom. The second-order valence-electron chi connectivity index (χ2n) is 6.56. The number of nitrogens with zero attached hydrogens (tertiary/aromatic N) is 4. The summed E-state index contributed by atoms with van der Waals surface area (Å²) in [5.41, 5.74) is 2.18. The maximum Gasteiger partial charge on any atom is 0.445 e. The van der Waals surface area contributed by atoms with Gasteiger partial charge in [0.05, 0.1) is 17.5 Å². The monoisotopic (exact) mass is 479 g/mol. The first kappa shape index (κ1) is 23.4. The number of benzene rings is 1. The number of nitrogens with one attached hydrogen (secondary N) is 3. The van der Waals surface area contributed by atoms with E-state index in [9.17, 15) is 31.1 Å². The van der Waals surface area contributed by atoms with Gasteiger partial charge in [-0.2, -0.15) is 18.3 Å². The van der Waals surface area contributed by atoms with E-state index in [1.165, 1.54) is 6.07 Å². The van der Waals surface area contributed by atoms with Gasteiger partial charge < -0.3 is 15.6 Å². The van der Waals surface area contributed by atoms with Crippen LogP contribution in [-0.4, -0.2) is 58.5 Å². The minimum Gasteiger partial charge on any atom is -0.358 e. The van der Waals surface area contributed by atoms with Crippen molar-refractivity contribution in [1.29, 1.82) is 5.41 Å². The number of carbonyl (C=O) groups excluding carboxylic acids is 1. The topological polar surface area (TPSA) is 106 Å². The van der Waals surface area contributed by atoms with Crippen LogP contribution in [0.2, 0.25) is 0 Å². The van der Waals surface area contributed by atoms with Gasteiger partial charge in [-0.05, 0) is 18.2 Å². The van der Waals surface area contributed by atoms with Gasteiger partial charge in [-0.15, -0.1) is 10.2 Å². The number of hydrogen-bond acceptors (Lipinski definition) is 8. The number of alkyl halides is 5. The molecule has 1 saturated heterocycles. The van der Waals surface area contributed by atoms with Crippen LogP contribution >= 0.6 is 11.3 Å². The van der Waals surface area contributed by atoms with Crippen molar-refractivity contribution in [1.82, 2.24) is 15.1 Å². The van der Waals surface area contributed by atoms with Gasteiger partial charge in [0.15, 0.2) is 0 Å². The molecule has 15 heteroatoms. The Bertz CT molecular complexity index is 1030. The molecule has 1 atom stereocenters. The minimum atomic E-state index is -4.72. The molecular formula is C17H15F6N7OS. The first-order chi connectivity index (χ1) is 15.0. The Balaban J connectivity index is 1.81. The molecule has 8 nitrogen and oxygen atoms in total. The molecule has 1 fully saturated rings. The largest absolute Gasteiger partial charge is 0.445 e. The molecule has 3 N–H and O–H groups in total. The average Bonchev–Trinajstić information content (AvgIpc) is 3.31. The molecule has 1 aliphatic rings. The molecular weight excluding hydrogens is 464 g/mol. The van der Waals surface area contributed by atoms with E-state index in [2.05, 4.69) is 26.0 Å². The Labute approximate surface area is 180 Å². The van der Waals surface area contributed by atoms with Crippen molar-refractivity contribution in [2.45, 2.75) is 24.6 Å². The van der Waals surface area contributed by atoms with Crippen LogP contribution in [0, 0.1) is 11.2 Å². The van der Waals surface area contributed by atoms with E-state index in [0.717, 1.165) is 29.5 Å². The third kappa shape index (κ3) is 5.15. The lowest BCUT2D eigenvalue weighted by Crippen LogP contribution is -2.47. The fourth-order valence-electron chi connectivity index (χ4n) is 3.01. The summed E-state index contributed by atoms with van der Waals surface area (Å²) in [6.45, 7) is -0.961. The molecule has 0 saturated carbocycles. The number of rotatable bonds is 7. The van der Waals surface area contributed by atoms with Gasteiger partial charge in [0.1, 0.15) is 11.9 Å². The number of halogens is 6. The van der Waals surface area contributed by atoms with Gasteiger partial charge in [0, 0.05) is 25.7 Å². The van der Waals surface area contributed by atoms with Gasteiger partial charge in [0.25, 0.3) is 11.8 Å². The van der Waals surface area contributed by atoms with Crippen LogP contribution in [0.1, 0.15) is 21.8 Å². The van der Waals surface area contributed by atoms with Crippen molar-refractivity contribution in [2.75, 3.05) is 23.8 Å². The molecule has 1 aromatic carbocycles. The van der Waals surface area contributed by atoms with Crippen molar-refractivity contribution in [2.24, 2.45) is 5.10 Å². The molecule has 0 aliphatic carbocycles. The second-order valence-corrected chi connectivity index (χ2v) is 7.54. The number of carbonyl (C=O) groups is 1. The lowest BCUT2D eigenvalue weighted by atomic mass is 10.1. The molecule has 0 radical (unpaired) electrons. The lowest BCUT2D eigenvalue weighted by molar-refractivity contribution is -0.138. The molecule has 1 aromatic heterocycles. The lowest BCUT2D eigenvalue weighted by Gasteiger charge is -2.28. The molecule has 2 heterocycles. The predicted molar refractivity (Wildman–Crippen MR) is 105 cm³/mol. The van der Waals surface area contributed by atoms with Crippen LogP contribution in [0.5, 0.6) is 0 Å². The Kier molecular flexibility index (Phi) is 6.66. The van der Waals surface area contributed by atoms with Gasteiger partial charge in [0.2, 0.25) is 10.1 Å². The van der Waals surface area contributed by atoms with Crippen molar-refractivity contribution >= 4 is 40.5 Å². The summed E-state index contributed by atoms with van der Waals surface area (Å²) in [6, 6.07) is 1.34. The van der Waals surface area contributed by atoms with Crippen LogP contribution in [-0.2, 0) is 6.18 Å². The predicted octanol–water partition coefficient (Wildman–Crippen LogP) is 3.71. The summed E-state index contributed by atoms with van der Waals surface area (Å²) in [5, 5.41) is 17.6. The zero-order valence-corrected chi connectivity index (χ0v) is 16.8. The third-order valence-corrected chi connectivity index (χ3v) is 5.40. The smallest absolute Gasteiger partial charge is 0.358 e. The number of hydrazone groups is 1. The fraction of sp³-hybridized carbons (Fsp3) is 0.353. The fourth-order valence-corrected chi connectivity index (χ4v) is 3.62. The average molecular weight is 479 g/mol. The Morgan fingerprint density at radius 1 is 1.38 bits per heavy atom. The summed E-state index contributed by atoms with van der Waals surface area (Å²) < 4.78 is 80.7. The highest BCUT2D eigenvalue weighted by molar-refractivity contribution is 7.15. The Hall–Kier alpha value is -3.23. The van der Waals surface area contributed by atoms with Crippen molar-refractivity contribution in [3.8, 4) is 0 Å². The first-order valence-corrected chi connectivity index (χ1v) is 9.75. The number of amides is 1. The number of aromatic nitrogens is 2. The van der Waals surface area contributed by atoms with E-state index in [1.54, 1.807) is 0 Å². The second kappa shape index (κ2) is 9.10. The molecule has 1 amide bonds. The third-order valence-electron chi connectivity index (χ3n) is 4.47. The van der Waals surface area contributed by atoms with Gasteiger partial charge in [-0.3, -0.25) is 10.2 Å². The maximum absolute atomic E-state index is 14.5. The standard InChI is InChI=1S/C17H15F6N7OS/c18-9-1-2-11(27-26-5-4-24)10(7-9)13(31)30-6-3-16(19,20)12(30)8-25-15-29-28-14(32-15)17(21,22)23/h1-2,4-5,7,12,24,27H,3,6,8H2,(H,25,29)/b24-4?,26-5-/t12-/m1/s1. The summed E-state index contributed by atoms with van der Waals surface area (Å²) in [7, 11) is 0. The molecule has 0 spiro atoms. The molecule has 172 valence electrons. The van der Waals surface area contributed by atoms with E-state index >= 15 is 0 Å². The molecule has 2 aromatic rings. The van der Waals surface area contributed by atoms with E-state index in [-0.39, 0.29) is 34.3 Å². The van der Waals surface area contributed by atoms with Gasteiger partial charge in [-0.1, -0.05) is 11.3 Å². The summed E-state index contributed by atoms with van der Waals surface area (Å²) in [5.74, 6) is -5.06. The van der Waals surface area contributed by atoms with Crippen molar-refractivity contribution in [3.05, 3.63) is 34.6 Å². The summed E-state index contributed by atoms with van der Waals surface area (Å²) >= 11 is 0.145. The van der Waals surface area contributed by atoms with Crippen molar-refractivity contribution < 1.29 is 31.1 Å². The molecule has 1 aliphatic heterocycles. The molecule has 3 rings (SSSR count). The normalized spacial score (nSPS) is 18.2. The zero-order valence-electron chi connectivity index (χ0n) is 16.0. The highest BCUT2D eigenvalue weighted by Crippen LogP contribution is 2.37. The van der Waals surface area contributed by atoms with E-state index in [1.807, 2.05) is 0 Å². The molecule has 0 unspecified atom stereocenters. The SMILES string of the molecule is N=C/C=N\Nc1ccc(F)cc1C(=O)N1CCC(F)(F)[C@H]1CNc1nnc(C(F)(F)F)s1. The van der Waals surface area contributed by atoms with Crippen LogP contribution in [0.15, 0.2) is 23.3 Å². The number of anilines is 2. The van der Waals surface area contributed by atoms with Crippen molar-refractivity contribution in [3.63, 3.8) is 0 Å².